The van der Waals surface area contributed by atoms with E-state index in [0.717, 1.165) is 30.1 Å². The van der Waals surface area contributed by atoms with E-state index in [-0.39, 0.29) is 0 Å². The molecule has 264 valence electrons. The molecule has 0 aliphatic rings. The summed E-state index contributed by atoms with van der Waals surface area (Å²) >= 11 is 0. The van der Waals surface area contributed by atoms with Crippen LogP contribution < -0.4 is 26.0 Å². The normalized spacial score (nSPS) is 11.0. The van der Waals surface area contributed by atoms with E-state index in [1.807, 2.05) is 72.8 Å². The topological polar surface area (TPSA) is 142 Å². The highest BCUT2D eigenvalue weighted by Crippen LogP contribution is 2.20. The standard InChI is InChI=1S/C36H49N7O6/c1-44-22-23-48-27-26-47-21-18-39-35-41-34(38-17-20-46-25-24-45-19-16-37-28-30-8-4-2-5-9-30)42-36(43-35)40-32-12-14-33(15-13-32)49-29-31-10-6-3-7-11-31/h2-15,37H,16-29H2,1H3,(H3,38,39,40,41,42,43). The van der Waals surface area contributed by atoms with Crippen molar-refractivity contribution in [3.63, 3.8) is 0 Å². The zero-order valence-corrected chi connectivity index (χ0v) is 28.3. The van der Waals surface area contributed by atoms with Crippen molar-refractivity contribution in [1.82, 2.24) is 20.3 Å². The molecule has 13 heteroatoms. The molecule has 4 N–H and O–H groups in total. The molecule has 0 atom stereocenters. The first-order chi connectivity index (χ1) is 24.3. The van der Waals surface area contributed by atoms with Crippen LogP contribution in [-0.4, -0.2) is 101 Å². The molecule has 0 bridgehead atoms. The monoisotopic (exact) mass is 675 g/mol. The Morgan fingerprint density at radius 1 is 0.510 bits per heavy atom. The van der Waals surface area contributed by atoms with Crippen LogP contribution in [0, 0.1) is 0 Å². The number of benzene rings is 3. The van der Waals surface area contributed by atoms with Crippen LogP contribution in [0.1, 0.15) is 11.1 Å². The lowest BCUT2D eigenvalue weighted by Gasteiger charge is -2.12. The van der Waals surface area contributed by atoms with Crippen LogP contribution in [0.4, 0.5) is 23.5 Å². The highest BCUT2D eigenvalue weighted by molar-refractivity contribution is 5.56. The molecule has 0 saturated heterocycles. The summed E-state index contributed by atoms with van der Waals surface area (Å²) in [5.74, 6) is 1.99. The van der Waals surface area contributed by atoms with E-state index >= 15 is 0 Å². The molecule has 0 fully saturated rings. The molecule has 49 heavy (non-hydrogen) atoms. The SMILES string of the molecule is COCCOCCOCCNc1nc(NCCOCCOCCNCc2ccccc2)nc(Nc2ccc(OCc3ccccc3)cc2)n1. The number of rotatable bonds is 27. The number of nitrogens with zero attached hydrogens (tertiary/aromatic N) is 3. The molecule has 0 unspecified atom stereocenters. The predicted molar refractivity (Wildman–Crippen MR) is 191 cm³/mol. The van der Waals surface area contributed by atoms with E-state index in [0.29, 0.717) is 97.0 Å². The average Bonchev–Trinajstić information content (AvgIpc) is 3.14. The number of hydrogen-bond acceptors (Lipinski definition) is 13. The molecular formula is C36H49N7O6. The Bertz CT molecular complexity index is 1400. The van der Waals surface area contributed by atoms with Crippen LogP contribution in [0.5, 0.6) is 5.75 Å². The minimum atomic E-state index is 0.389. The number of methoxy groups -OCH3 is 1. The van der Waals surface area contributed by atoms with Gasteiger partial charge >= 0.3 is 0 Å². The van der Waals surface area contributed by atoms with Crippen LogP contribution in [0.15, 0.2) is 84.9 Å². The Morgan fingerprint density at radius 2 is 1.02 bits per heavy atom. The molecule has 4 rings (SSSR count). The van der Waals surface area contributed by atoms with Crippen molar-refractivity contribution in [2.75, 3.05) is 102 Å². The van der Waals surface area contributed by atoms with Gasteiger partial charge in [-0.15, -0.1) is 0 Å². The lowest BCUT2D eigenvalue weighted by Crippen LogP contribution is -2.20. The molecule has 0 saturated carbocycles. The molecule has 0 amide bonds. The van der Waals surface area contributed by atoms with Crippen molar-refractivity contribution in [2.24, 2.45) is 0 Å². The first kappa shape index (κ1) is 37.4. The van der Waals surface area contributed by atoms with Gasteiger partial charge < -0.3 is 49.7 Å². The zero-order valence-electron chi connectivity index (χ0n) is 28.3. The second-order valence-electron chi connectivity index (χ2n) is 10.7. The third-order valence-corrected chi connectivity index (χ3v) is 6.82. The molecule has 1 aromatic heterocycles. The Labute approximate surface area is 289 Å². The fraction of sp³-hybridized carbons (Fsp3) is 0.417. The summed E-state index contributed by atoms with van der Waals surface area (Å²) in [4.78, 5) is 13.6. The summed E-state index contributed by atoms with van der Waals surface area (Å²) in [7, 11) is 1.65. The van der Waals surface area contributed by atoms with Gasteiger partial charge in [0.15, 0.2) is 0 Å². The van der Waals surface area contributed by atoms with E-state index in [2.05, 4.69) is 48.4 Å². The number of aromatic nitrogens is 3. The van der Waals surface area contributed by atoms with Crippen molar-refractivity contribution < 1.29 is 28.4 Å². The summed E-state index contributed by atoms with van der Waals surface area (Å²) in [6.45, 7) is 7.83. The molecular weight excluding hydrogens is 626 g/mol. The third kappa shape index (κ3) is 16.5. The van der Waals surface area contributed by atoms with E-state index in [9.17, 15) is 0 Å². The van der Waals surface area contributed by atoms with E-state index in [1.54, 1.807) is 7.11 Å². The Morgan fingerprint density at radius 3 is 1.61 bits per heavy atom. The maximum absolute atomic E-state index is 5.91. The van der Waals surface area contributed by atoms with E-state index < -0.39 is 0 Å². The van der Waals surface area contributed by atoms with Gasteiger partial charge in [0.1, 0.15) is 12.4 Å². The second-order valence-corrected chi connectivity index (χ2v) is 10.7. The van der Waals surface area contributed by atoms with Crippen molar-refractivity contribution in [3.05, 3.63) is 96.1 Å². The average molecular weight is 676 g/mol. The molecule has 0 aliphatic carbocycles. The van der Waals surface area contributed by atoms with Crippen molar-refractivity contribution in [2.45, 2.75) is 13.2 Å². The summed E-state index contributed by atoms with van der Waals surface area (Å²) < 4.78 is 33.3. The smallest absolute Gasteiger partial charge is 0.233 e. The molecule has 1 heterocycles. The fourth-order valence-corrected chi connectivity index (χ4v) is 4.32. The Balaban J connectivity index is 1.18. The molecule has 0 radical (unpaired) electrons. The largest absolute Gasteiger partial charge is 0.489 e. The molecule has 3 aromatic carbocycles. The van der Waals surface area contributed by atoms with Crippen LogP contribution in [-0.2, 0) is 36.8 Å². The number of nitrogens with one attached hydrogen (secondary N) is 4. The lowest BCUT2D eigenvalue weighted by molar-refractivity contribution is 0.0272. The third-order valence-electron chi connectivity index (χ3n) is 6.82. The number of ether oxygens (including phenoxy) is 6. The van der Waals surface area contributed by atoms with Gasteiger partial charge in [0.2, 0.25) is 17.8 Å². The van der Waals surface area contributed by atoms with Gasteiger partial charge in [0, 0.05) is 39.0 Å². The van der Waals surface area contributed by atoms with Gasteiger partial charge in [-0.25, -0.2) is 0 Å². The minimum Gasteiger partial charge on any atom is -0.489 e. The Kier molecular flexibility index (Phi) is 18.2. The molecule has 13 nitrogen and oxygen atoms in total. The van der Waals surface area contributed by atoms with Gasteiger partial charge in [-0.2, -0.15) is 15.0 Å². The summed E-state index contributed by atoms with van der Waals surface area (Å²) in [6, 6.07) is 28.0. The summed E-state index contributed by atoms with van der Waals surface area (Å²) in [6.07, 6.45) is 0. The van der Waals surface area contributed by atoms with Gasteiger partial charge in [-0.1, -0.05) is 60.7 Å². The number of hydrogen-bond donors (Lipinski definition) is 4. The Hall–Kier alpha value is -4.37. The highest BCUT2D eigenvalue weighted by atomic mass is 16.5. The van der Waals surface area contributed by atoms with E-state index in [1.165, 1.54) is 5.56 Å². The minimum absolute atomic E-state index is 0.389. The molecule has 4 aromatic rings. The molecule has 0 spiro atoms. The van der Waals surface area contributed by atoms with Gasteiger partial charge in [-0.05, 0) is 35.4 Å². The van der Waals surface area contributed by atoms with Crippen molar-refractivity contribution in [1.29, 1.82) is 0 Å². The zero-order chi connectivity index (χ0) is 34.0. The quantitative estimate of drug-likeness (QED) is 0.0659. The van der Waals surface area contributed by atoms with Crippen LogP contribution in [0.3, 0.4) is 0 Å². The lowest BCUT2D eigenvalue weighted by atomic mass is 10.2. The summed E-state index contributed by atoms with van der Waals surface area (Å²) in [5, 5.41) is 13.1. The van der Waals surface area contributed by atoms with Crippen molar-refractivity contribution in [3.8, 4) is 5.75 Å². The maximum atomic E-state index is 5.91. The van der Waals surface area contributed by atoms with E-state index in [4.69, 9.17) is 28.4 Å². The summed E-state index contributed by atoms with van der Waals surface area (Å²) in [5.41, 5.74) is 3.17. The van der Waals surface area contributed by atoms with Gasteiger partial charge in [0.25, 0.3) is 0 Å². The molecule has 0 aliphatic heterocycles. The first-order valence-corrected chi connectivity index (χ1v) is 16.6. The fourth-order valence-electron chi connectivity index (χ4n) is 4.32. The van der Waals surface area contributed by atoms with Gasteiger partial charge in [0.05, 0.1) is 59.5 Å². The second kappa shape index (κ2) is 23.9. The predicted octanol–water partition coefficient (Wildman–Crippen LogP) is 4.52. The van der Waals surface area contributed by atoms with Crippen LogP contribution in [0.2, 0.25) is 0 Å². The maximum Gasteiger partial charge on any atom is 0.233 e. The van der Waals surface area contributed by atoms with Crippen LogP contribution in [0.25, 0.3) is 0 Å². The highest BCUT2D eigenvalue weighted by Gasteiger charge is 2.08. The number of anilines is 4. The van der Waals surface area contributed by atoms with Gasteiger partial charge in [-0.3, -0.25) is 0 Å². The van der Waals surface area contributed by atoms with Crippen LogP contribution >= 0.6 is 0 Å². The van der Waals surface area contributed by atoms with Crippen molar-refractivity contribution >= 4 is 23.5 Å². The first-order valence-electron chi connectivity index (χ1n) is 16.6.